The maximum atomic E-state index is 2.50. The van der Waals surface area contributed by atoms with Gasteiger partial charge in [-0.15, -0.1) is 0 Å². The second kappa shape index (κ2) is 4.05. The molecule has 1 saturated carbocycles. The molecule has 1 saturated heterocycles. The molecule has 0 bridgehead atoms. The Balaban J connectivity index is 2.08. The predicted octanol–water partition coefficient (Wildman–Crippen LogP) is 3.63. The molecule has 76 valence electrons. The van der Waals surface area contributed by atoms with Crippen molar-refractivity contribution in [2.75, 3.05) is 13.1 Å². The highest BCUT2D eigenvalue weighted by molar-refractivity contribution is 14.1. The third-order valence-corrected chi connectivity index (χ3v) is 5.02. The van der Waals surface area contributed by atoms with Crippen molar-refractivity contribution in [3.8, 4) is 0 Å². The lowest BCUT2D eigenvalue weighted by atomic mass is 9.72. The predicted molar refractivity (Wildman–Crippen MR) is 64.9 cm³/mol. The Morgan fingerprint density at radius 1 is 1.23 bits per heavy atom. The molecule has 0 unspecified atom stereocenters. The molecule has 1 aliphatic heterocycles. The first-order valence-corrected chi connectivity index (χ1v) is 6.60. The largest absolute Gasteiger partial charge is 0.247 e. The molecule has 0 N–H and O–H groups in total. The van der Waals surface area contributed by atoms with Gasteiger partial charge in [0, 0.05) is 36.0 Å². The summed E-state index contributed by atoms with van der Waals surface area (Å²) < 4.78 is 2.50. The summed E-state index contributed by atoms with van der Waals surface area (Å²) in [5.41, 5.74) is 0.706. The van der Waals surface area contributed by atoms with Gasteiger partial charge in [-0.2, -0.15) is 0 Å². The Morgan fingerprint density at radius 2 is 2.08 bits per heavy atom. The average molecular weight is 293 g/mol. The third kappa shape index (κ3) is 2.04. The van der Waals surface area contributed by atoms with Crippen molar-refractivity contribution in [2.24, 2.45) is 11.3 Å². The van der Waals surface area contributed by atoms with Crippen molar-refractivity contribution >= 4 is 22.9 Å². The Morgan fingerprint density at radius 3 is 2.77 bits per heavy atom. The van der Waals surface area contributed by atoms with Gasteiger partial charge in [0.15, 0.2) is 0 Å². The van der Waals surface area contributed by atoms with E-state index in [9.17, 15) is 0 Å². The van der Waals surface area contributed by atoms with Crippen molar-refractivity contribution in [1.29, 1.82) is 0 Å². The van der Waals surface area contributed by atoms with Crippen molar-refractivity contribution in [1.82, 2.24) is 3.11 Å². The summed E-state index contributed by atoms with van der Waals surface area (Å²) in [7, 11) is 0. The van der Waals surface area contributed by atoms with Gasteiger partial charge < -0.3 is 0 Å². The monoisotopic (exact) mass is 293 g/mol. The zero-order chi connectivity index (χ0) is 9.31. The lowest BCUT2D eigenvalue weighted by molar-refractivity contribution is 0.180. The molecule has 2 aliphatic rings. The lowest BCUT2D eigenvalue weighted by Crippen LogP contribution is -2.29. The van der Waals surface area contributed by atoms with E-state index in [1.807, 2.05) is 0 Å². The van der Waals surface area contributed by atoms with Gasteiger partial charge in [-0.05, 0) is 24.2 Å². The van der Waals surface area contributed by atoms with Crippen LogP contribution in [0.2, 0.25) is 0 Å². The van der Waals surface area contributed by atoms with Gasteiger partial charge in [0.1, 0.15) is 0 Å². The average Bonchev–Trinajstić information content (AvgIpc) is 2.38. The van der Waals surface area contributed by atoms with Crippen LogP contribution in [0.15, 0.2) is 0 Å². The van der Waals surface area contributed by atoms with Crippen LogP contribution in [0.25, 0.3) is 0 Å². The summed E-state index contributed by atoms with van der Waals surface area (Å²) in [6.45, 7) is 5.17. The first kappa shape index (κ1) is 10.2. The van der Waals surface area contributed by atoms with E-state index in [1.165, 1.54) is 51.6 Å². The van der Waals surface area contributed by atoms with Crippen LogP contribution >= 0.6 is 22.9 Å². The smallest absolute Gasteiger partial charge is 0.0201 e. The molecule has 1 aliphatic carbocycles. The fourth-order valence-corrected chi connectivity index (χ4v) is 4.03. The Hall–Kier alpha value is 0.690. The molecule has 2 atom stereocenters. The van der Waals surface area contributed by atoms with Gasteiger partial charge in [0.25, 0.3) is 0 Å². The molecule has 1 spiro atoms. The summed E-state index contributed by atoms with van der Waals surface area (Å²) in [5, 5.41) is 0. The van der Waals surface area contributed by atoms with E-state index in [0.717, 1.165) is 5.92 Å². The maximum Gasteiger partial charge on any atom is 0.0201 e. The summed E-state index contributed by atoms with van der Waals surface area (Å²) in [4.78, 5) is 0. The Kier molecular flexibility index (Phi) is 3.18. The normalized spacial score (nSPS) is 42.5. The molecule has 1 nitrogen and oxygen atoms in total. The van der Waals surface area contributed by atoms with Crippen LogP contribution in [0.5, 0.6) is 0 Å². The molecular formula is C11H20IN. The maximum absolute atomic E-state index is 2.50. The standard InChI is InChI=1S/C11H20IN/c1-10-5-3-2-4-6-11(10)7-8-13(12)9-11/h10H,2-9H2,1H3/t10-,11+/m1/s1. The zero-order valence-electron chi connectivity index (χ0n) is 8.56. The Bertz CT molecular complexity index is 183. The highest BCUT2D eigenvalue weighted by Crippen LogP contribution is 2.47. The van der Waals surface area contributed by atoms with Gasteiger partial charge >= 0.3 is 0 Å². The molecule has 0 radical (unpaired) electrons. The summed E-state index contributed by atoms with van der Waals surface area (Å²) >= 11 is 2.50. The Labute approximate surface area is 95.8 Å². The van der Waals surface area contributed by atoms with Crippen molar-refractivity contribution in [2.45, 2.75) is 45.4 Å². The highest BCUT2D eigenvalue weighted by atomic mass is 127. The van der Waals surface area contributed by atoms with Crippen LogP contribution in [-0.2, 0) is 0 Å². The third-order valence-electron chi connectivity index (χ3n) is 4.20. The van der Waals surface area contributed by atoms with Crippen LogP contribution in [0.3, 0.4) is 0 Å². The van der Waals surface area contributed by atoms with Crippen LogP contribution in [0, 0.1) is 11.3 Å². The molecule has 1 heterocycles. The quantitative estimate of drug-likeness (QED) is 0.487. The highest BCUT2D eigenvalue weighted by Gasteiger charge is 2.41. The van der Waals surface area contributed by atoms with Gasteiger partial charge in [0.2, 0.25) is 0 Å². The minimum absolute atomic E-state index is 0.706. The second-order valence-electron chi connectivity index (χ2n) is 4.96. The SMILES string of the molecule is C[C@@H]1CCCCC[C@@]12CCN(I)C2. The van der Waals surface area contributed by atoms with Crippen LogP contribution in [0.1, 0.15) is 45.4 Å². The second-order valence-corrected chi connectivity index (χ2v) is 6.32. The van der Waals surface area contributed by atoms with Gasteiger partial charge in [0.05, 0.1) is 0 Å². The van der Waals surface area contributed by atoms with E-state index in [0.29, 0.717) is 5.41 Å². The number of hydrogen-bond donors (Lipinski definition) is 0. The van der Waals surface area contributed by atoms with E-state index >= 15 is 0 Å². The number of nitrogens with zero attached hydrogens (tertiary/aromatic N) is 1. The molecular weight excluding hydrogens is 273 g/mol. The first-order valence-electron chi connectivity index (χ1n) is 5.64. The molecule has 0 aromatic carbocycles. The van der Waals surface area contributed by atoms with E-state index in [-0.39, 0.29) is 0 Å². The van der Waals surface area contributed by atoms with E-state index in [1.54, 1.807) is 0 Å². The minimum Gasteiger partial charge on any atom is -0.247 e. The molecule has 0 aromatic rings. The van der Waals surface area contributed by atoms with E-state index < -0.39 is 0 Å². The molecule has 2 heteroatoms. The summed E-state index contributed by atoms with van der Waals surface area (Å²) in [6, 6.07) is 0. The summed E-state index contributed by atoms with van der Waals surface area (Å²) in [5.74, 6) is 0.967. The fraction of sp³-hybridized carbons (Fsp3) is 1.00. The van der Waals surface area contributed by atoms with Crippen LogP contribution in [0.4, 0.5) is 0 Å². The number of halogens is 1. The number of rotatable bonds is 0. The minimum atomic E-state index is 0.706. The first-order chi connectivity index (χ1) is 6.23. The van der Waals surface area contributed by atoms with Crippen molar-refractivity contribution in [3.63, 3.8) is 0 Å². The van der Waals surface area contributed by atoms with Gasteiger partial charge in [-0.3, -0.25) is 0 Å². The topological polar surface area (TPSA) is 3.24 Å². The van der Waals surface area contributed by atoms with Gasteiger partial charge in [-0.25, -0.2) is 3.11 Å². The van der Waals surface area contributed by atoms with Gasteiger partial charge in [-0.1, -0.05) is 32.6 Å². The van der Waals surface area contributed by atoms with Crippen LogP contribution < -0.4 is 0 Å². The molecule has 2 rings (SSSR count). The zero-order valence-corrected chi connectivity index (χ0v) is 10.7. The van der Waals surface area contributed by atoms with Crippen molar-refractivity contribution in [3.05, 3.63) is 0 Å². The van der Waals surface area contributed by atoms with E-state index in [4.69, 9.17) is 0 Å². The fourth-order valence-electron chi connectivity index (χ4n) is 3.11. The van der Waals surface area contributed by atoms with Crippen molar-refractivity contribution < 1.29 is 0 Å². The molecule has 13 heavy (non-hydrogen) atoms. The molecule has 0 amide bonds. The lowest BCUT2D eigenvalue weighted by Gasteiger charge is -2.33. The molecule has 2 fully saturated rings. The van der Waals surface area contributed by atoms with E-state index in [2.05, 4.69) is 32.9 Å². The number of hydrogen-bond acceptors (Lipinski definition) is 1. The summed E-state index contributed by atoms with van der Waals surface area (Å²) in [6.07, 6.45) is 8.86. The molecule has 0 aromatic heterocycles. The van der Waals surface area contributed by atoms with Crippen LogP contribution in [-0.4, -0.2) is 16.2 Å².